The zero-order valence-corrected chi connectivity index (χ0v) is 8.74. The lowest BCUT2D eigenvalue weighted by Crippen LogP contribution is -1.94. The van der Waals surface area contributed by atoms with Gasteiger partial charge in [-0.3, -0.25) is 0 Å². The van der Waals surface area contributed by atoms with Crippen LogP contribution in [0.4, 0.5) is 0 Å². The van der Waals surface area contributed by atoms with E-state index in [-0.39, 0.29) is 0 Å². The maximum atomic E-state index is 6.09. The third kappa shape index (κ3) is 1.31. The highest BCUT2D eigenvalue weighted by Gasteiger charge is 2.19. The van der Waals surface area contributed by atoms with Gasteiger partial charge in [0.1, 0.15) is 5.75 Å². The molecule has 0 radical (unpaired) electrons. The van der Waals surface area contributed by atoms with Crippen molar-refractivity contribution in [1.29, 1.82) is 0 Å². The van der Waals surface area contributed by atoms with Crippen LogP contribution >= 0.6 is 11.6 Å². The summed E-state index contributed by atoms with van der Waals surface area (Å²) in [5.41, 5.74) is 4.08. The molecule has 0 heterocycles. The highest BCUT2D eigenvalue weighted by molar-refractivity contribution is 6.32. The fourth-order valence-electron chi connectivity index (χ4n) is 2.14. The van der Waals surface area contributed by atoms with E-state index in [0.29, 0.717) is 0 Å². The normalized spacial score (nSPS) is 14.4. The Morgan fingerprint density at radius 3 is 2.69 bits per heavy atom. The molecule has 1 aromatic carbocycles. The lowest BCUT2D eigenvalue weighted by atomic mass is 10.0. The number of rotatable bonds is 1. The van der Waals surface area contributed by atoms with Gasteiger partial charge in [-0.2, -0.15) is 0 Å². The van der Waals surface area contributed by atoms with Crippen LogP contribution in [0.15, 0.2) is 6.07 Å². The Morgan fingerprint density at radius 1 is 1.31 bits per heavy atom. The van der Waals surface area contributed by atoms with Crippen molar-refractivity contribution in [2.45, 2.75) is 26.2 Å². The molecule has 0 amide bonds. The first-order chi connectivity index (χ1) is 6.24. The highest BCUT2D eigenvalue weighted by Crippen LogP contribution is 2.38. The Morgan fingerprint density at radius 2 is 2.00 bits per heavy atom. The van der Waals surface area contributed by atoms with Gasteiger partial charge in [-0.05, 0) is 48.9 Å². The first kappa shape index (κ1) is 8.89. The summed E-state index contributed by atoms with van der Waals surface area (Å²) in [7, 11) is 1.69. The maximum Gasteiger partial charge on any atom is 0.140 e. The van der Waals surface area contributed by atoms with E-state index in [4.69, 9.17) is 16.3 Å². The average molecular weight is 197 g/mol. The van der Waals surface area contributed by atoms with E-state index in [0.717, 1.165) is 17.2 Å². The van der Waals surface area contributed by atoms with E-state index in [1.807, 2.05) is 6.07 Å². The van der Waals surface area contributed by atoms with Crippen molar-refractivity contribution in [3.63, 3.8) is 0 Å². The molecule has 0 bridgehead atoms. The third-order valence-electron chi connectivity index (χ3n) is 2.73. The van der Waals surface area contributed by atoms with Gasteiger partial charge in [-0.15, -0.1) is 0 Å². The van der Waals surface area contributed by atoms with Gasteiger partial charge < -0.3 is 4.74 Å². The minimum Gasteiger partial charge on any atom is -0.495 e. The monoisotopic (exact) mass is 196 g/mol. The lowest BCUT2D eigenvalue weighted by Gasteiger charge is -2.11. The number of methoxy groups -OCH3 is 1. The number of hydrogen-bond donors (Lipinski definition) is 0. The standard InChI is InChI=1S/C11H13ClO/c1-7-6-10(12)11(13-2)9-5-3-4-8(7)9/h6H,3-5H2,1-2H3. The molecule has 0 aromatic heterocycles. The SMILES string of the molecule is COc1c(Cl)cc(C)c2c1CCC2. The second-order valence-electron chi connectivity index (χ2n) is 3.52. The zero-order chi connectivity index (χ0) is 9.42. The van der Waals surface area contributed by atoms with Crippen LogP contribution in [0.3, 0.4) is 0 Å². The Labute approximate surface area is 83.7 Å². The third-order valence-corrected chi connectivity index (χ3v) is 3.01. The summed E-state index contributed by atoms with van der Waals surface area (Å²) in [4.78, 5) is 0. The molecule has 0 spiro atoms. The van der Waals surface area contributed by atoms with Crippen molar-refractivity contribution in [3.8, 4) is 5.75 Å². The second-order valence-corrected chi connectivity index (χ2v) is 3.93. The quantitative estimate of drug-likeness (QED) is 0.671. The van der Waals surface area contributed by atoms with Crippen LogP contribution in [0.25, 0.3) is 0 Å². The molecule has 13 heavy (non-hydrogen) atoms. The van der Waals surface area contributed by atoms with E-state index in [9.17, 15) is 0 Å². The van der Waals surface area contributed by atoms with E-state index >= 15 is 0 Å². The van der Waals surface area contributed by atoms with Gasteiger partial charge >= 0.3 is 0 Å². The zero-order valence-electron chi connectivity index (χ0n) is 7.98. The Balaban J connectivity index is 2.65. The number of benzene rings is 1. The predicted octanol–water partition coefficient (Wildman–Crippen LogP) is 3.15. The summed E-state index contributed by atoms with van der Waals surface area (Å²) in [6.45, 7) is 2.12. The van der Waals surface area contributed by atoms with Crippen molar-refractivity contribution in [2.24, 2.45) is 0 Å². The van der Waals surface area contributed by atoms with Crippen molar-refractivity contribution in [1.82, 2.24) is 0 Å². The van der Waals surface area contributed by atoms with Gasteiger partial charge in [0.2, 0.25) is 0 Å². The van der Waals surface area contributed by atoms with Gasteiger partial charge in [-0.1, -0.05) is 11.6 Å². The van der Waals surface area contributed by atoms with E-state index in [1.54, 1.807) is 7.11 Å². The topological polar surface area (TPSA) is 9.23 Å². The molecule has 0 saturated heterocycles. The Hall–Kier alpha value is -0.690. The molecule has 0 saturated carbocycles. The van der Waals surface area contributed by atoms with Crippen molar-refractivity contribution < 1.29 is 4.74 Å². The van der Waals surface area contributed by atoms with E-state index in [1.165, 1.54) is 29.5 Å². The smallest absolute Gasteiger partial charge is 0.140 e. The fourth-order valence-corrected chi connectivity index (χ4v) is 2.49. The van der Waals surface area contributed by atoms with Crippen molar-refractivity contribution >= 4 is 11.6 Å². The molecular formula is C11H13ClO. The molecule has 0 unspecified atom stereocenters. The van der Waals surface area contributed by atoms with Gasteiger partial charge in [0.25, 0.3) is 0 Å². The minimum absolute atomic E-state index is 0.751. The molecule has 0 fully saturated rings. The molecule has 1 aliphatic rings. The molecule has 2 rings (SSSR count). The van der Waals surface area contributed by atoms with Crippen LogP contribution in [0.5, 0.6) is 5.75 Å². The minimum atomic E-state index is 0.751. The molecule has 1 aliphatic carbocycles. The molecule has 1 aromatic rings. The summed E-state index contributed by atoms with van der Waals surface area (Å²) in [5.74, 6) is 0.889. The molecule has 70 valence electrons. The van der Waals surface area contributed by atoms with Gasteiger partial charge in [0.15, 0.2) is 0 Å². The Kier molecular flexibility index (Phi) is 2.20. The van der Waals surface area contributed by atoms with Crippen LogP contribution in [0.2, 0.25) is 5.02 Å². The first-order valence-corrected chi connectivity index (χ1v) is 4.96. The molecule has 2 heteroatoms. The lowest BCUT2D eigenvalue weighted by molar-refractivity contribution is 0.410. The summed E-state index contributed by atoms with van der Waals surface area (Å²) < 4.78 is 5.31. The van der Waals surface area contributed by atoms with Crippen LogP contribution in [0, 0.1) is 6.92 Å². The van der Waals surface area contributed by atoms with Crippen LogP contribution in [0.1, 0.15) is 23.1 Å². The number of ether oxygens (including phenoxy) is 1. The maximum absolute atomic E-state index is 6.09. The summed E-state index contributed by atoms with van der Waals surface area (Å²) in [6, 6.07) is 2.00. The van der Waals surface area contributed by atoms with Gasteiger partial charge in [0, 0.05) is 0 Å². The summed E-state index contributed by atoms with van der Waals surface area (Å²) >= 11 is 6.09. The first-order valence-electron chi connectivity index (χ1n) is 4.59. The van der Waals surface area contributed by atoms with Crippen LogP contribution in [-0.4, -0.2) is 7.11 Å². The summed E-state index contributed by atoms with van der Waals surface area (Å²) in [5, 5.41) is 0.751. The molecular weight excluding hydrogens is 184 g/mol. The van der Waals surface area contributed by atoms with Gasteiger partial charge in [-0.25, -0.2) is 0 Å². The largest absolute Gasteiger partial charge is 0.495 e. The average Bonchev–Trinajstić information content (AvgIpc) is 2.53. The van der Waals surface area contributed by atoms with E-state index in [2.05, 4.69) is 6.92 Å². The van der Waals surface area contributed by atoms with Gasteiger partial charge in [0.05, 0.1) is 12.1 Å². The Bertz CT molecular complexity index is 344. The number of aryl methyl sites for hydroxylation is 1. The molecule has 0 aliphatic heterocycles. The predicted molar refractivity (Wildman–Crippen MR) is 54.8 cm³/mol. The molecule has 0 atom stereocenters. The molecule has 1 nitrogen and oxygen atoms in total. The second kappa shape index (κ2) is 3.22. The van der Waals surface area contributed by atoms with Crippen molar-refractivity contribution in [3.05, 3.63) is 27.8 Å². The van der Waals surface area contributed by atoms with Crippen LogP contribution in [-0.2, 0) is 12.8 Å². The summed E-state index contributed by atoms with van der Waals surface area (Å²) in [6.07, 6.45) is 3.52. The van der Waals surface area contributed by atoms with E-state index < -0.39 is 0 Å². The number of fused-ring (bicyclic) bond motifs is 1. The highest BCUT2D eigenvalue weighted by atomic mass is 35.5. The molecule has 0 N–H and O–H groups in total. The van der Waals surface area contributed by atoms with Crippen molar-refractivity contribution in [2.75, 3.05) is 7.11 Å². The number of hydrogen-bond acceptors (Lipinski definition) is 1. The number of halogens is 1. The fraction of sp³-hybridized carbons (Fsp3) is 0.455. The van der Waals surface area contributed by atoms with Crippen LogP contribution < -0.4 is 4.74 Å².